The van der Waals surface area contributed by atoms with E-state index in [1.807, 2.05) is 48.1 Å². The quantitative estimate of drug-likeness (QED) is 0.126. The number of aryl methyl sites for hydroxylation is 1. The van der Waals surface area contributed by atoms with Crippen molar-refractivity contribution in [2.45, 2.75) is 55.8 Å². The molecule has 0 spiro atoms. The summed E-state index contributed by atoms with van der Waals surface area (Å²) >= 11 is 6.68. The van der Waals surface area contributed by atoms with E-state index in [0.29, 0.717) is 17.1 Å². The van der Waals surface area contributed by atoms with Crippen LogP contribution in [0.15, 0.2) is 90.1 Å². The highest BCUT2D eigenvalue weighted by molar-refractivity contribution is 7.92. The molecule has 0 bridgehead atoms. The van der Waals surface area contributed by atoms with Crippen molar-refractivity contribution in [3.63, 3.8) is 0 Å². The predicted molar refractivity (Wildman–Crippen MR) is 186 cm³/mol. The number of ether oxygens (including phenoxy) is 4. The van der Waals surface area contributed by atoms with Crippen molar-refractivity contribution in [3.05, 3.63) is 113 Å². The molecule has 2 atom stereocenters. The maximum Gasteiger partial charge on any atom is 0.318 e. The zero-order valence-electron chi connectivity index (χ0n) is 27.8. The zero-order valence-corrected chi connectivity index (χ0v) is 29.4. The molecule has 11 nitrogen and oxygen atoms in total. The first-order chi connectivity index (χ1) is 24.2. The van der Waals surface area contributed by atoms with Gasteiger partial charge in [-0.15, -0.1) is 0 Å². The molecule has 5 aromatic rings. The SMILES string of the molecule is COc1ccc(CN(c2ccnc(OCc3ccccc3)n2)S(=O)(=O)c2cc(Cl)c(O[C@H]3CCCC[C@@H]3c3ccnn3C)cc2F)c(OC)c1. The van der Waals surface area contributed by atoms with Gasteiger partial charge in [-0.3, -0.25) is 4.68 Å². The molecule has 0 N–H and O–H groups in total. The molecule has 6 rings (SSSR count). The Kier molecular flexibility index (Phi) is 10.7. The maximum absolute atomic E-state index is 16.1. The predicted octanol–water partition coefficient (Wildman–Crippen LogP) is 7.10. The van der Waals surface area contributed by atoms with E-state index in [1.165, 1.54) is 26.5 Å². The van der Waals surface area contributed by atoms with E-state index in [4.69, 9.17) is 30.5 Å². The molecular formula is C36H37ClFN5O6S. The van der Waals surface area contributed by atoms with Crippen LogP contribution in [0.1, 0.15) is 48.4 Å². The Hall–Kier alpha value is -4.88. The monoisotopic (exact) mass is 721 g/mol. The second-order valence-electron chi connectivity index (χ2n) is 11.8. The first kappa shape index (κ1) is 35.0. The Morgan fingerprint density at radius 3 is 2.50 bits per heavy atom. The largest absolute Gasteiger partial charge is 0.497 e. The lowest BCUT2D eigenvalue weighted by Crippen LogP contribution is -2.32. The topological polar surface area (TPSA) is 118 Å². The number of hydrogen-bond donors (Lipinski definition) is 0. The first-order valence-corrected chi connectivity index (χ1v) is 17.9. The lowest BCUT2D eigenvalue weighted by atomic mass is 9.84. The van der Waals surface area contributed by atoms with Gasteiger partial charge in [0.15, 0.2) is 0 Å². The number of halogens is 2. The lowest BCUT2D eigenvalue weighted by molar-refractivity contribution is 0.126. The molecule has 0 radical (unpaired) electrons. The van der Waals surface area contributed by atoms with Gasteiger partial charge in [0.05, 0.1) is 25.8 Å². The van der Waals surface area contributed by atoms with Crippen LogP contribution in [-0.4, -0.2) is 48.5 Å². The second kappa shape index (κ2) is 15.3. The van der Waals surface area contributed by atoms with Gasteiger partial charge in [-0.1, -0.05) is 48.4 Å². The molecule has 1 aliphatic rings. The van der Waals surface area contributed by atoms with Crippen LogP contribution in [0.4, 0.5) is 10.2 Å². The van der Waals surface area contributed by atoms with Crippen molar-refractivity contribution in [2.24, 2.45) is 7.05 Å². The number of hydrogen-bond acceptors (Lipinski definition) is 9. The van der Waals surface area contributed by atoms with Crippen molar-refractivity contribution < 1.29 is 31.8 Å². The maximum atomic E-state index is 16.1. The summed E-state index contributed by atoms with van der Waals surface area (Å²) in [6, 6.07) is 19.7. The van der Waals surface area contributed by atoms with E-state index < -0.39 is 20.7 Å². The summed E-state index contributed by atoms with van der Waals surface area (Å²) in [4.78, 5) is 7.93. The smallest absolute Gasteiger partial charge is 0.318 e. The molecule has 1 saturated carbocycles. The van der Waals surface area contributed by atoms with Crippen LogP contribution in [-0.2, 0) is 30.2 Å². The number of methoxy groups -OCH3 is 2. The molecule has 1 aliphatic carbocycles. The third kappa shape index (κ3) is 7.63. The Labute approximate surface area is 295 Å². The average Bonchev–Trinajstić information content (AvgIpc) is 3.57. The van der Waals surface area contributed by atoms with Crippen molar-refractivity contribution in [2.75, 3.05) is 18.5 Å². The van der Waals surface area contributed by atoms with Crippen molar-refractivity contribution in [1.29, 1.82) is 0 Å². The van der Waals surface area contributed by atoms with Gasteiger partial charge in [-0.05, 0) is 49.1 Å². The van der Waals surface area contributed by atoms with Gasteiger partial charge in [0.25, 0.3) is 10.0 Å². The molecule has 1 fully saturated rings. The molecule has 14 heteroatoms. The van der Waals surface area contributed by atoms with E-state index in [2.05, 4.69) is 15.1 Å². The zero-order chi connectivity index (χ0) is 35.3. The minimum Gasteiger partial charge on any atom is -0.497 e. The number of nitrogens with zero attached hydrogens (tertiary/aromatic N) is 5. The summed E-state index contributed by atoms with van der Waals surface area (Å²) in [5.41, 5.74) is 2.34. The summed E-state index contributed by atoms with van der Waals surface area (Å²) in [6.45, 7) is -0.133. The fraction of sp³-hybridized carbons (Fsp3) is 0.306. The van der Waals surface area contributed by atoms with Crippen molar-refractivity contribution >= 4 is 27.4 Å². The number of aromatic nitrogens is 4. The summed E-state index contributed by atoms with van der Waals surface area (Å²) in [5, 5.41) is 4.25. The van der Waals surface area contributed by atoms with Gasteiger partial charge >= 0.3 is 6.01 Å². The standard InChI is InChI=1S/C36H37ClFN5O6S/c1-42-30(15-18-40-42)27-11-7-8-12-31(27)49-33-21-29(38)34(20-28(33)37)50(44,45)43(22-25-13-14-26(46-2)19-32(25)47-3)35-16-17-39-36(41-35)48-23-24-9-5-4-6-10-24/h4-6,9-10,13-21,27,31H,7-8,11-12,22-23H2,1-3H3/t27-,31+/m1/s1. The van der Waals surface area contributed by atoms with Gasteiger partial charge in [0.2, 0.25) is 0 Å². The third-order valence-corrected chi connectivity index (χ3v) is 10.7. The van der Waals surface area contributed by atoms with Crippen LogP contribution >= 0.6 is 11.6 Å². The first-order valence-electron chi connectivity index (χ1n) is 16.0. The van der Waals surface area contributed by atoms with Crippen LogP contribution in [0.5, 0.6) is 23.3 Å². The number of anilines is 1. The minimum absolute atomic E-state index is 0.0184. The van der Waals surface area contributed by atoms with Gasteiger partial charge in [-0.2, -0.15) is 10.1 Å². The highest BCUT2D eigenvalue weighted by Crippen LogP contribution is 2.40. The Balaban J connectivity index is 1.35. The Morgan fingerprint density at radius 1 is 0.960 bits per heavy atom. The summed E-state index contributed by atoms with van der Waals surface area (Å²) in [5.74, 6) is -0.141. The molecular weight excluding hydrogens is 685 g/mol. The Bertz CT molecular complexity index is 2050. The molecule has 3 aromatic carbocycles. The van der Waals surface area contributed by atoms with E-state index in [-0.39, 0.29) is 47.8 Å². The second-order valence-corrected chi connectivity index (χ2v) is 14.0. The number of rotatable bonds is 13. The minimum atomic E-state index is -4.66. The molecule has 2 heterocycles. The highest BCUT2D eigenvalue weighted by atomic mass is 35.5. The highest BCUT2D eigenvalue weighted by Gasteiger charge is 2.34. The van der Waals surface area contributed by atoms with E-state index >= 15 is 4.39 Å². The number of benzene rings is 3. The van der Waals surface area contributed by atoms with E-state index in [0.717, 1.165) is 53.4 Å². The van der Waals surface area contributed by atoms with Gasteiger partial charge in [0, 0.05) is 54.8 Å². The summed E-state index contributed by atoms with van der Waals surface area (Å²) in [7, 11) is 0.183. The van der Waals surface area contributed by atoms with Crippen molar-refractivity contribution in [3.8, 4) is 23.3 Å². The van der Waals surface area contributed by atoms with E-state index in [1.54, 1.807) is 24.4 Å². The van der Waals surface area contributed by atoms with E-state index in [9.17, 15) is 8.42 Å². The fourth-order valence-corrected chi connectivity index (χ4v) is 7.83. The summed E-state index contributed by atoms with van der Waals surface area (Å²) < 4.78 is 70.8. The van der Waals surface area contributed by atoms with Crippen molar-refractivity contribution in [1.82, 2.24) is 19.7 Å². The number of sulfonamides is 1. The van der Waals surface area contributed by atoms with Crippen LogP contribution < -0.4 is 23.3 Å². The van der Waals surface area contributed by atoms with Crippen LogP contribution in [0.3, 0.4) is 0 Å². The molecule has 262 valence electrons. The van der Waals surface area contributed by atoms with Crippen LogP contribution in [0.25, 0.3) is 0 Å². The van der Waals surface area contributed by atoms with Gasteiger partial charge < -0.3 is 18.9 Å². The molecule has 2 aromatic heterocycles. The molecule has 50 heavy (non-hydrogen) atoms. The van der Waals surface area contributed by atoms with Crippen LogP contribution in [0, 0.1) is 5.82 Å². The molecule has 0 saturated heterocycles. The fourth-order valence-electron chi connectivity index (χ4n) is 6.09. The summed E-state index contributed by atoms with van der Waals surface area (Å²) in [6.07, 6.45) is 6.37. The lowest BCUT2D eigenvalue weighted by Gasteiger charge is -2.32. The Morgan fingerprint density at radius 2 is 1.76 bits per heavy atom. The van der Waals surface area contributed by atoms with Gasteiger partial charge in [-0.25, -0.2) is 22.1 Å². The normalized spacial score (nSPS) is 16.1. The molecule has 0 unspecified atom stereocenters. The van der Waals surface area contributed by atoms with Gasteiger partial charge in [0.1, 0.15) is 46.5 Å². The third-order valence-electron chi connectivity index (χ3n) is 8.67. The molecule has 0 aliphatic heterocycles. The molecule has 0 amide bonds. The van der Waals surface area contributed by atoms with Crippen LogP contribution in [0.2, 0.25) is 5.02 Å². The average molecular weight is 722 g/mol.